The van der Waals surface area contributed by atoms with Crippen LogP contribution in [-0.4, -0.2) is 46.1 Å². The van der Waals surface area contributed by atoms with Crippen molar-refractivity contribution in [3.05, 3.63) is 41.7 Å². The molecular weight excluding hydrogens is 402 g/mol. The third-order valence-electron chi connectivity index (χ3n) is 4.59. The lowest BCUT2D eigenvalue weighted by Gasteiger charge is -2.34. The number of fused-ring (bicyclic) bond motifs is 1. The summed E-state index contributed by atoms with van der Waals surface area (Å²) in [5, 5.41) is 0. The van der Waals surface area contributed by atoms with E-state index in [2.05, 4.69) is 19.9 Å². The molecule has 6 nitrogen and oxygen atoms in total. The van der Waals surface area contributed by atoms with Crippen LogP contribution in [0, 0.1) is 0 Å². The van der Waals surface area contributed by atoms with Crippen LogP contribution in [0.2, 0.25) is 0 Å². The molecule has 0 spiro atoms. The average Bonchev–Trinajstić information content (AvgIpc) is 3.10. The number of imidazole rings is 1. The second kappa shape index (κ2) is 6.78. The quantitative estimate of drug-likeness (QED) is 0.646. The Balaban J connectivity index is 1.48. The van der Waals surface area contributed by atoms with E-state index < -0.39 is 23.6 Å². The van der Waals surface area contributed by atoms with Gasteiger partial charge in [-0.2, -0.15) is 26.3 Å². The number of nitrogens with one attached hydrogen (secondary N) is 1. The standard InChI is InChI=1S/C17H14F6N6/c18-16(19,20)10-1-2-11-12(9-10)26-15(25-11)29-7-5-28(6-8-29)14-24-4-3-13(27-14)17(21,22)23/h1-4,9H,5-8H2,(H,25,26). The van der Waals surface area contributed by atoms with Gasteiger partial charge in [0.15, 0.2) is 0 Å². The maximum absolute atomic E-state index is 12.9. The van der Waals surface area contributed by atoms with Crippen molar-refractivity contribution in [1.82, 2.24) is 19.9 Å². The van der Waals surface area contributed by atoms with Crippen molar-refractivity contribution in [3.63, 3.8) is 0 Å². The van der Waals surface area contributed by atoms with Crippen molar-refractivity contribution >= 4 is 22.9 Å². The van der Waals surface area contributed by atoms with Crippen molar-refractivity contribution in [2.24, 2.45) is 0 Å². The molecule has 1 N–H and O–H groups in total. The summed E-state index contributed by atoms with van der Waals surface area (Å²) in [7, 11) is 0. The van der Waals surface area contributed by atoms with Gasteiger partial charge < -0.3 is 14.8 Å². The van der Waals surface area contributed by atoms with Crippen molar-refractivity contribution in [2.75, 3.05) is 36.0 Å². The number of hydrogen-bond acceptors (Lipinski definition) is 5. The average molecular weight is 416 g/mol. The highest BCUT2D eigenvalue weighted by Gasteiger charge is 2.34. The molecule has 0 atom stereocenters. The number of benzene rings is 1. The number of H-pyrrole nitrogens is 1. The number of halogens is 6. The van der Waals surface area contributed by atoms with Gasteiger partial charge in [-0.15, -0.1) is 0 Å². The SMILES string of the molecule is FC(F)(F)c1ccc2nc(N3CCN(c4nccc(C(F)(F)F)n4)CC3)[nH]c2c1. The summed E-state index contributed by atoms with van der Waals surface area (Å²) < 4.78 is 77.0. The molecule has 1 aromatic carbocycles. The van der Waals surface area contributed by atoms with Crippen molar-refractivity contribution in [3.8, 4) is 0 Å². The number of nitrogens with zero attached hydrogens (tertiary/aromatic N) is 5. The van der Waals surface area contributed by atoms with Crippen molar-refractivity contribution in [1.29, 1.82) is 0 Å². The predicted molar refractivity (Wildman–Crippen MR) is 92.6 cm³/mol. The van der Waals surface area contributed by atoms with Crippen LogP contribution in [0.1, 0.15) is 11.3 Å². The molecule has 0 amide bonds. The number of piperazine rings is 1. The molecule has 0 bridgehead atoms. The smallest absolute Gasteiger partial charge is 0.339 e. The topological polar surface area (TPSA) is 60.9 Å². The molecule has 12 heteroatoms. The summed E-state index contributed by atoms with van der Waals surface area (Å²) in [5.41, 5.74) is -1.12. The van der Waals surface area contributed by atoms with Crippen molar-refractivity contribution < 1.29 is 26.3 Å². The molecule has 0 unspecified atom stereocenters. The molecule has 0 radical (unpaired) electrons. The Labute approximate surface area is 160 Å². The van der Waals surface area contributed by atoms with Gasteiger partial charge in [-0.3, -0.25) is 0 Å². The number of alkyl halides is 6. The van der Waals surface area contributed by atoms with Crippen LogP contribution in [0.25, 0.3) is 11.0 Å². The maximum atomic E-state index is 12.9. The first-order valence-electron chi connectivity index (χ1n) is 8.58. The van der Waals surface area contributed by atoms with Crippen molar-refractivity contribution in [2.45, 2.75) is 12.4 Å². The second-order valence-electron chi connectivity index (χ2n) is 6.50. The molecule has 2 aromatic heterocycles. The molecule has 29 heavy (non-hydrogen) atoms. The van der Waals surface area contributed by atoms with Gasteiger partial charge in [-0.05, 0) is 24.3 Å². The van der Waals surface area contributed by atoms with Gasteiger partial charge in [-0.1, -0.05) is 0 Å². The molecule has 154 valence electrons. The van der Waals surface area contributed by atoms with Crippen LogP contribution in [0.5, 0.6) is 0 Å². The van der Waals surface area contributed by atoms with E-state index in [1.54, 1.807) is 4.90 Å². The zero-order chi connectivity index (χ0) is 20.8. The molecule has 4 rings (SSSR count). The van der Waals surface area contributed by atoms with Gasteiger partial charge in [0.25, 0.3) is 0 Å². The van der Waals surface area contributed by atoms with Crippen LogP contribution in [0.4, 0.5) is 38.2 Å². The van der Waals surface area contributed by atoms with Gasteiger partial charge in [0.05, 0.1) is 16.6 Å². The number of rotatable bonds is 2. The maximum Gasteiger partial charge on any atom is 0.433 e. The molecule has 0 aliphatic carbocycles. The fourth-order valence-corrected chi connectivity index (χ4v) is 3.10. The molecule has 3 heterocycles. The normalized spacial score (nSPS) is 15.9. The monoisotopic (exact) mass is 416 g/mol. The highest BCUT2D eigenvalue weighted by atomic mass is 19.4. The molecule has 1 saturated heterocycles. The van der Waals surface area contributed by atoms with Crippen LogP contribution in [-0.2, 0) is 12.4 Å². The second-order valence-corrected chi connectivity index (χ2v) is 6.50. The Hall–Kier alpha value is -3.05. The van der Waals surface area contributed by atoms with E-state index in [0.29, 0.717) is 37.6 Å². The van der Waals surface area contributed by atoms with E-state index in [-0.39, 0.29) is 11.5 Å². The highest BCUT2D eigenvalue weighted by Crippen LogP contribution is 2.32. The van der Waals surface area contributed by atoms with Crippen LogP contribution < -0.4 is 9.80 Å². The Kier molecular flexibility index (Phi) is 4.50. The van der Waals surface area contributed by atoms with Gasteiger partial charge >= 0.3 is 12.4 Å². The Morgan fingerprint density at radius 3 is 2.17 bits per heavy atom. The summed E-state index contributed by atoms with van der Waals surface area (Å²) in [5.74, 6) is 0.392. The predicted octanol–water partition coefficient (Wildman–Crippen LogP) is 3.72. The first kappa shape index (κ1) is 19.3. The Morgan fingerprint density at radius 2 is 1.52 bits per heavy atom. The summed E-state index contributed by atoms with van der Waals surface area (Å²) in [6, 6.07) is 4.07. The van der Waals surface area contributed by atoms with E-state index >= 15 is 0 Å². The highest BCUT2D eigenvalue weighted by molar-refractivity contribution is 5.78. The van der Waals surface area contributed by atoms with Gasteiger partial charge in [0.2, 0.25) is 11.9 Å². The summed E-state index contributed by atoms with van der Waals surface area (Å²) in [4.78, 5) is 18.1. The number of hydrogen-bond donors (Lipinski definition) is 1. The molecule has 3 aromatic rings. The lowest BCUT2D eigenvalue weighted by Crippen LogP contribution is -2.47. The van der Waals surface area contributed by atoms with E-state index in [1.165, 1.54) is 6.07 Å². The molecule has 1 fully saturated rings. The number of aromatic nitrogens is 4. The zero-order valence-electron chi connectivity index (χ0n) is 14.7. The molecule has 0 saturated carbocycles. The largest absolute Gasteiger partial charge is 0.433 e. The fraction of sp³-hybridized carbons (Fsp3) is 0.353. The molecule has 1 aliphatic heterocycles. The van der Waals surface area contributed by atoms with E-state index in [0.717, 1.165) is 24.4 Å². The van der Waals surface area contributed by atoms with Gasteiger partial charge in [-0.25, -0.2) is 15.0 Å². The zero-order valence-corrected chi connectivity index (χ0v) is 14.7. The van der Waals surface area contributed by atoms with Crippen LogP contribution >= 0.6 is 0 Å². The van der Waals surface area contributed by atoms with E-state index in [9.17, 15) is 26.3 Å². The number of anilines is 2. The summed E-state index contributed by atoms with van der Waals surface area (Å²) in [6.45, 7) is 1.47. The Morgan fingerprint density at radius 1 is 0.828 bits per heavy atom. The lowest BCUT2D eigenvalue weighted by molar-refractivity contribution is -0.141. The van der Waals surface area contributed by atoms with Gasteiger partial charge in [0, 0.05) is 32.4 Å². The van der Waals surface area contributed by atoms with Crippen LogP contribution in [0.15, 0.2) is 30.5 Å². The molecular formula is C17H14F6N6. The minimum atomic E-state index is -4.55. The third kappa shape index (κ3) is 3.91. The van der Waals surface area contributed by atoms with Gasteiger partial charge in [0.1, 0.15) is 5.69 Å². The number of aromatic amines is 1. The summed E-state index contributed by atoms with van der Waals surface area (Å²) >= 11 is 0. The van der Waals surface area contributed by atoms with Crippen LogP contribution in [0.3, 0.4) is 0 Å². The third-order valence-corrected chi connectivity index (χ3v) is 4.59. The first-order valence-corrected chi connectivity index (χ1v) is 8.58. The minimum Gasteiger partial charge on any atom is -0.339 e. The Bertz CT molecular complexity index is 1020. The minimum absolute atomic E-state index is 0.0149. The summed E-state index contributed by atoms with van der Waals surface area (Å²) in [6.07, 6.45) is -7.94. The van der Waals surface area contributed by atoms with E-state index in [4.69, 9.17) is 0 Å². The first-order chi connectivity index (χ1) is 13.6. The lowest BCUT2D eigenvalue weighted by atomic mass is 10.2. The fourth-order valence-electron chi connectivity index (χ4n) is 3.10. The van der Waals surface area contributed by atoms with E-state index in [1.807, 2.05) is 4.90 Å². The molecule has 1 aliphatic rings.